The second-order valence-corrected chi connectivity index (χ2v) is 2.35. The third-order valence-corrected chi connectivity index (χ3v) is 1.50. The van der Waals surface area contributed by atoms with Gasteiger partial charge >= 0.3 is 7.12 Å². The van der Waals surface area contributed by atoms with Crippen LogP contribution in [0.1, 0.15) is 12.8 Å². The van der Waals surface area contributed by atoms with E-state index in [2.05, 4.69) is 0 Å². The van der Waals surface area contributed by atoms with Gasteiger partial charge in [0, 0.05) is 6.61 Å². The van der Waals surface area contributed by atoms with E-state index in [4.69, 9.17) is 14.8 Å². The molecular formula is C6H11BO3. The highest BCUT2D eigenvalue weighted by Gasteiger charge is 2.15. The number of allylic oxidation sites excluding steroid dienone is 1. The van der Waals surface area contributed by atoms with Crippen molar-refractivity contribution in [2.45, 2.75) is 12.8 Å². The summed E-state index contributed by atoms with van der Waals surface area (Å²) in [5.41, 5.74) is 0.581. The van der Waals surface area contributed by atoms with Crippen molar-refractivity contribution >= 4 is 7.12 Å². The molecule has 0 aliphatic carbocycles. The van der Waals surface area contributed by atoms with Crippen LogP contribution in [-0.4, -0.2) is 30.4 Å². The third kappa shape index (κ3) is 2.13. The van der Waals surface area contributed by atoms with Gasteiger partial charge in [0.2, 0.25) is 0 Å². The summed E-state index contributed by atoms with van der Waals surface area (Å²) in [5, 5.41) is 17.4. The van der Waals surface area contributed by atoms with Gasteiger partial charge in [-0.2, -0.15) is 0 Å². The van der Waals surface area contributed by atoms with E-state index in [0.29, 0.717) is 18.7 Å². The third-order valence-electron chi connectivity index (χ3n) is 1.50. The van der Waals surface area contributed by atoms with Crippen LogP contribution in [0.4, 0.5) is 0 Å². The number of hydrogen-bond acceptors (Lipinski definition) is 3. The first kappa shape index (κ1) is 7.79. The zero-order chi connectivity index (χ0) is 7.40. The molecule has 0 aromatic heterocycles. The van der Waals surface area contributed by atoms with E-state index in [0.717, 1.165) is 12.8 Å². The lowest BCUT2D eigenvalue weighted by atomic mass is 9.79. The highest BCUT2D eigenvalue weighted by Crippen LogP contribution is 2.06. The molecule has 1 heterocycles. The zero-order valence-corrected chi connectivity index (χ0v) is 5.79. The summed E-state index contributed by atoms with van der Waals surface area (Å²) in [7, 11) is -1.34. The maximum absolute atomic E-state index is 8.71. The van der Waals surface area contributed by atoms with Gasteiger partial charge < -0.3 is 14.8 Å². The summed E-state index contributed by atoms with van der Waals surface area (Å²) in [6.45, 7) is 1.07. The fraction of sp³-hybridized carbons (Fsp3) is 0.667. The molecule has 0 aromatic rings. The van der Waals surface area contributed by atoms with Gasteiger partial charge in [-0.1, -0.05) is 6.08 Å². The molecule has 0 radical (unpaired) electrons. The lowest BCUT2D eigenvalue weighted by Gasteiger charge is -2.01. The average Bonchev–Trinajstić information content (AvgIpc) is 2.12. The lowest BCUT2D eigenvalue weighted by molar-refractivity contribution is 0.160. The highest BCUT2D eigenvalue weighted by atomic mass is 16.5. The van der Waals surface area contributed by atoms with Gasteiger partial charge in [0.15, 0.2) is 0 Å². The van der Waals surface area contributed by atoms with Gasteiger partial charge in [-0.15, -0.1) is 0 Å². The second-order valence-electron chi connectivity index (χ2n) is 2.35. The summed E-state index contributed by atoms with van der Waals surface area (Å²) in [4.78, 5) is 0. The quantitative estimate of drug-likeness (QED) is 0.495. The fourth-order valence-electron chi connectivity index (χ4n) is 0.902. The van der Waals surface area contributed by atoms with E-state index in [1.165, 1.54) is 0 Å². The van der Waals surface area contributed by atoms with Crippen LogP contribution in [0.2, 0.25) is 0 Å². The summed E-state index contributed by atoms with van der Waals surface area (Å²) in [5.74, 6) is 0. The van der Waals surface area contributed by atoms with E-state index >= 15 is 0 Å². The van der Waals surface area contributed by atoms with Gasteiger partial charge in [-0.3, -0.25) is 0 Å². The van der Waals surface area contributed by atoms with Crippen molar-refractivity contribution in [3.05, 3.63) is 11.5 Å². The standard InChI is InChI=1S/C6H11BO3/c8-7(9)6-3-1-2-4-10-5-6/h3,8-9H,1-2,4-5H2. The zero-order valence-electron chi connectivity index (χ0n) is 5.79. The van der Waals surface area contributed by atoms with Crippen LogP contribution < -0.4 is 0 Å². The molecular weight excluding hydrogens is 131 g/mol. The summed E-state index contributed by atoms with van der Waals surface area (Å²) in [6, 6.07) is 0. The molecule has 4 heteroatoms. The molecule has 1 aliphatic heterocycles. The Kier molecular flexibility index (Phi) is 2.93. The molecule has 56 valence electrons. The number of rotatable bonds is 1. The van der Waals surface area contributed by atoms with Gasteiger partial charge in [0.1, 0.15) is 0 Å². The molecule has 0 atom stereocenters. The minimum Gasteiger partial charge on any atom is -0.423 e. The topological polar surface area (TPSA) is 49.7 Å². The van der Waals surface area contributed by atoms with Crippen LogP contribution in [-0.2, 0) is 4.74 Å². The Bertz CT molecular complexity index is 133. The van der Waals surface area contributed by atoms with E-state index in [9.17, 15) is 0 Å². The van der Waals surface area contributed by atoms with Gasteiger partial charge in [-0.05, 0) is 18.3 Å². The smallest absolute Gasteiger partial charge is 0.423 e. The molecule has 0 saturated carbocycles. The van der Waals surface area contributed by atoms with Crippen molar-refractivity contribution in [2.75, 3.05) is 13.2 Å². The van der Waals surface area contributed by atoms with Gasteiger partial charge in [0.05, 0.1) is 6.61 Å². The second kappa shape index (κ2) is 3.76. The van der Waals surface area contributed by atoms with Crippen molar-refractivity contribution in [3.63, 3.8) is 0 Å². The maximum Gasteiger partial charge on any atom is 0.486 e. The predicted molar refractivity (Wildman–Crippen MR) is 38.3 cm³/mol. The van der Waals surface area contributed by atoms with Crippen molar-refractivity contribution in [1.29, 1.82) is 0 Å². The van der Waals surface area contributed by atoms with Crippen LogP contribution in [0.15, 0.2) is 11.5 Å². The van der Waals surface area contributed by atoms with E-state index < -0.39 is 7.12 Å². The lowest BCUT2D eigenvalue weighted by Crippen LogP contribution is -2.18. The average molecular weight is 142 g/mol. The summed E-state index contributed by atoms with van der Waals surface area (Å²) in [6.07, 6.45) is 3.68. The number of hydrogen-bond donors (Lipinski definition) is 2. The fourth-order valence-corrected chi connectivity index (χ4v) is 0.902. The first-order chi connectivity index (χ1) is 4.80. The minimum atomic E-state index is -1.34. The minimum absolute atomic E-state index is 0.359. The molecule has 0 unspecified atom stereocenters. The molecule has 0 aromatic carbocycles. The van der Waals surface area contributed by atoms with Crippen LogP contribution in [0, 0.1) is 0 Å². The maximum atomic E-state index is 8.71. The monoisotopic (exact) mass is 142 g/mol. The molecule has 0 spiro atoms. The predicted octanol–water partition coefficient (Wildman–Crippen LogP) is -0.265. The Morgan fingerprint density at radius 2 is 2.30 bits per heavy atom. The first-order valence-electron chi connectivity index (χ1n) is 3.43. The van der Waals surface area contributed by atoms with E-state index in [1.54, 1.807) is 0 Å². The molecule has 1 rings (SSSR count). The van der Waals surface area contributed by atoms with Crippen LogP contribution in [0.5, 0.6) is 0 Å². The number of ether oxygens (including phenoxy) is 1. The Labute approximate surface area is 60.5 Å². The molecule has 1 aliphatic rings. The first-order valence-corrected chi connectivity index (χ1v) is 3.43. The normalized spacial score (nSPS) is 19.6. The molecule has 0 bridgehead atoms. The van der Waals surface area contributed by atoms with Crippen molar-refractivity contribution < 1.29 is 14.8 Å². The Morgan fingerprint density at radius 3 is 3.00 bits per heavy atom. The van der Waals surface area contributed by atoms with E-state index in [-0.39, 0.29) is 0 Å². The SMILES string of the molecule is OB(O)C1=CCCCOC1. The largest absolute Gasteiger partial charge is 0.486 e. The van der Waals surface area contributed by atoms with Crippen LogP contribution in [0.25, 0.3) is 0 Å². The molecule has 2 N–H and O–H groups in total. The Hall–Kier alpha value is -0.315. The van der Waals surface area contributed by atoms with Crippen LogP contribution >= 0.6 is 0 Å². The van der Waals surface area contributed by atoms with Crippen LogP contribution in [0.3, 0.4) is 0 Å². The highest BCUT2D eigenvalue weighted by molar-refractivity contribution is 6.50. The summed E-state index contributed by atoms with van der Waals surface area (Å²) >= 11 is 0. The molecule has 0 saturated heterocycles. The van der Waals surface area contributed by atoms with Crippen molar-refractivity contribution in [3.8, 4) is 0 Å². The van der Waals surface area contributed by atoms with Gasteiger partial charge in [0.25, 0.3) is 0 Å². The van der Waals surface area contributed by atoms with Crippen molar-refractivity contribution in [1.82, 2.24) is 0 Å². The van der Waals surface area contributed by atoms with E-state index in [1.807, 2.05) is 6.08 Å². The molecule has 10 heavy (non-hydrogen) atoms. The molecule has 3 nitrogen and oxygen atoms in total. The molecule has 0 fully saturated rings. The van der Waals surface area contributed by atoms with Crippen molar-refractivity contribution in [2.24, 2.45) is 0 Å². The Morgan fingerprint density at radius 1 is 1.50 bits per heavy atom. The summed E-state index contributed by atoms with van der Waals surface area (Å²) < 4.78 is 5.08. The molecule has 0 amide bonds. The van der Waals surface area contributed by atoms with Gasteiger partial charge in [-0.25, -0.2) is 0 Å². The Balaban J connectivity index is 2.46.